The van der Waals surface area contributed by atoms with Gasteiger partial charge >= 0.3 is 0 Å². The van der Waals surface area contributed by atoms with Crippen molar-refractivity contribution in [2.75, 3.05) is 12.8 Å². The molecule has 1 heterocycles. The van der Waals surface area contributed by atoms with E-state index in [2.05, 4.69) is 5.32 Å². The highest BCUT2D eigenvalue weighted by molar-refractivity contribution is 7.90. The molecule has 27 heavy (non-hydrogen) atoms. The highest BCUT2D eigenvalue weighted by Crippen LogP contribution is 2.25. The van der Waals surface area contributed by atoms with Gasteiger partial charge in [-0.05, 0) is 48.4 Å². The van der Waals surface area contributed by atoms with E-state index in [0.717, 1.165) is 23.8 Å². The number of rotatable bonds is 6. The van der Waals surface area contributed by atoms with Gasteiger partial charge in [0.1, 0.15) is 11.5 Å². The summed E-state index contributed by atoms with van der Waals surface area (Å²) in [4.78, 5) is 12.8. The summed E-state index contributed by atoms with van der Waals surface area (Å²) in [6.07, 6.45) is 1.96. The van der Waals surface area contributed by atoms with Crippen molar-refractivity contribution in [1.29, 1.82) is 0 Å². The summed E-state index contributed by atoms with van der Waals surface area (Å²) in [5.74, 6) is -0.550. The maximum absolute atomic E-state index is 13.2. The zero-order valence-electron chi connectivity index (χ0n) is 15.2. The molecule has 7 heteroatoms. The zero-order chi connectivity index (χ0) is 19.6. The number of halogens is 1. The molecular formula is C20H21FN2O3S. The quantitative estimate of drug-likeness (QED) is 0.704. The van der Waals surface area contributed by atoms with Crippen LogP contribution in [0.1, 0.15) is 29.4 Å². The van der Waals surface area contributed by atoms with Crippen molar-refractivity contribution in [3.63, 3.8) is 0 Å². The fraction of sp³-hybridized carbons (Fsp3) is 0.250. The van der Waals surface area contributed by atoms with Crippen LogP contribution < -0.4 is 5.32 Å². The molecule has 2 aromatic carbocycles. The molecule has 142 valence electrons. The molecule has 0 radical (unpaired) electrons. The third kappa shape index (κ3) is 4.19. The van der Waals surface area contributed by atoms with Crippen LogP contribution in [0.5, 0.6) is 0 Å². The van der Waals surface area contributed by atoms with Gasteiger partial charge in [-0.2, -0.15) is 0 Å². The molecule has 0 spiro atoms. The molecule has 0 aliphatic rings. The smallest absolute Gasteiger partial charge is 0.267 e. The van der Waals surface area contributed by atoms with E-state index in [1.54, 1.807) is 30.3 Å². The van der Waals surface area contributed by atoms with Crippen LogP contribution >= 0.6 is 0 Å². The van der Waals surface area contributed by atoms with Crippen molar-refractivity contribution in [3.8, 4) is 0 Å². The lowest BCUT2D eigenvalue weighted by Crippen LogP contribution is -2.26. The molecule has 0 atom stereocenters. The Labute approximate surface area is 157 Å². The van der Waals surface area contributed by atoms with Gasteiger partial charge in [-0.1, -0.05) is 19.1 Å². The van der Waals surface area contributed by atoms with Gasteiger partial charge in [0.25, 0.3) is 5.91 Å². The normalized spacial score (nSPS) is 11.7. The Morgan fingerprint density at radius 2 is 1.81 bits per heavy atom. The molecule has 0 saturated heterocycles. The molecule has 0 bridgehead atoms. The first-order valence-electron chi connectivity index (χ1n) is 8.65. The maximum atomic E-state index is 13.2. The monoisotopic (exact) mass is 388 g/mol. The van der Waals surface area contributed by atoms with Gasteiger partial charge in [-0.3, -0.25) is 4.79 Å². The average molecular weight is 388 g/mol. The second-order valence-corrected chi connectivity index (χ2v) is 8.51. The first kappa shape index (κ1) is 19.1. The molecule has 1 amide bonds. The molecule has 5 nitrogen and oxygen atoms in total. The minimum absolute atomic E-state index is 0.203. The van der Waals surface area contributed by atoms with Gasteiger partial charge < -0.3 is 9.88 Å². The van der Waals surface area contributed by atoms with Crippen LogP contribution in [0.4, 0.5) is 4.39 Å². The van der Waals surface area contributed by atoms with E-state index in [1.165, 1.54) is 18.2 Å². The Bertz CT molecular complexity index is 1090. The van der Waals surface area contributed by atoms with Crippen LogP contribution in [0.25, 0.3) is 10.9 Å². The van der Waals surface area contributed by atoms with E-state index in [9.17, 15) is 17.6 Å². The van der Waals surface area contributed by atoms with Crippen molar-refractivity contribution >= 4 is 26.6 Å². The number of carbonyl (C=O) groups excluding carboxylic acids is 1. The van der Waals surface area contributed by atoms with Crippen molar-refractivity contribution in [2.45, 2.75) is 24.8 Å². The standard InChI is InChI=1S/C20H21FN2O3S/c1-3-10-22-20(24)19-12-15-11-17(27(2,25)26)8-9-18(15)23(19)13-14-4-6-16(21)7-5-14/h4-9,11-12H,3,10,13H2,1-2H3,(H,22,24). The lowest BCUT2D eigenvalue weighted by atomic mass is 10.2. The third-order valence-electron chi connectivity index (χ3n) is 4.32. The Kier molecular flexibility index (Phi) is 5.32. The van der Waals surface area contributed by atoms with Gasteiger partial charge in [0.15, 0.2) is 9.84 Å². The number of fused-ring (bicyclic) bond motifs is 1. The molecule has 1 N–H and O–H groups in total. The molecule has 0 fully saturated rings. The van der Waals surface area contributed by atoms with E-state index in [4.69, 9.17) is 0 Å². The van der Waals surface area contributed by atoms with Gasteiger partial charge in [0, 0.05) is 30.2 Å². The van der Waals surface area contributed by atoms with Crippen molar-refractivity contribution in [3.05, 3.63) is 65.6 Å². The molecular weight excluding hydrogens is 367 g/mol. The second kappa shape index (κ2) is 7.52. The van der Waals surface area contributed by atoms with Crippen LogP contribution in [0.15, 0.2) is 53.4 Å². The Morgan fingerprint density at radius 3 is 2.44 bits per heavy atom. The van der Waals surface area contributed by atoms with Crippen molar-refractivity contribution in [2.24, 2.45) is 0 Å². The fourth-order valence-electron chi connectivity index (χ4n) is 2.94. The number of amides is 1. The number of benzene rings is 2. The summed E-state index contributed by atoms with van der Waals surface area (Å²) < 4.78 is 38.7. The van der Waals surface area contributed by atoms with Gasteiger partial charge in [-0.15, -0.1) is 0 Å². The first-order valence-corrected chi connectivity index (χ1v) is 10.5. The summed E-state index contributed by atoms with van der Waals surface area (Å²) in [6, 6.07) is 12.6. The third-order valence-corrected chi connectivity index (χ3v) is 5.43. The topological polar surface area (TPSA) is 68.2 Å². The number of carbonyl (C=O) groups is 1. The number of sulfone groups is 1. The molecule has 0 aliphatic heterocycles. The maximum Gasteiger partial charge on any atom is 0.267 e. The Balaban J connectivity index is 2.11. The van der Waals surface area contributed by atoms with Gasteiger partial charge in [0.2, 0.25) is 0 Å². The number of hydrogen-bond acceptors (Lipinski definition) is 3. The van der Waals surface area contributed by atoms with Gasteiger partial charge in [-0.25, -0.2) is 12.8 Å². The molecule has 1 aromatic heterocycles. The number of nitrogens with zero attached hydrogens (tertiary/aromatic N) is 1. The predicted octanol–water partition coefficient (Wildman–Crippen LogP) is 3.37. The van der Waals surface area contributed by atoms with Crippen LogP contribution in [0, 0.1) is 5.82 Å². The molecule has 0 unspecified atom stereocenters. The van der Waals surface area contributed by atoms with E-state index in [0.29, 0.717) is 24.2 Å². The highest BCUT2D eigenvalue weighted by Gasteiger charge is 2.17. The molecule has 3 aromatic rings. The number of nitrogens with one attached hydrogen (secondary N) is 1. The second-order valence-electron chi connectivity index (χ2n) is 6.49. The van der Waals surface area contributed by atoms with E-state index in [1.807, 2.05) is 11.5 Å². The summed E-state index contributed by atoms with van der Waals surface area (Å²) >= 11 is 0. The van der Waals surface area contributed by atoms with Crippen LogP contribution in [-0.2, 0) is 16.4 Å². The minimum atomic E-state index is -3.35. The number of aromatic nitrogens is 1. The lowest BCUT2D eigenvalue weighted by molar-refractivity contribution is 0.0945. The van der Waals surface area contributed by atoms with Crippen LogP contribution in [0.3, 0.4) is 0 Å². The SMILES string of the molecule is CCCNC(=O)c1cc2cc(S(C)(=O)=O)ccc2n1Cc1ccc(F)cc1. The van der Waals surface area contributed by atoms with E-state index >= 15 is 0 Å². The average Bonchev–Trinajstić information content (AvgIpc) is 2.98. The van der Waals surface area contributed by atoms with Crippen molar-refractivity contribution < 1.29 is 17.6 Å². The zero-order valence-corrected chi connectivity index (χ0v) is 16.0. The summed E-state index contributed by atoms with van der Waals surface area (Å²) in [5, 5.41) is 3.52. The first-order chi connectivity index (χ1) is 12.8. The van der Waals surface area contributed by atoms with Gasteiger partial charge in [0.05, 0.1) is 4.90 Å². The molecule has 3 rings (SSSR count). The molecule has 0 saturated carbocycles. The summed E-state index contributed by atoms with van der Waals surface area (Å²) in [6.45, 7) is 2.88. The summed E-state index contributed by atoms with van der Waals surface area (Å²) in [5.41, 5.74) is 2.02. The van der Waals surface area contributed by atoms with E-state index < -0.39 is 9.84 Å². The van der Waals surface area contributed by atoms with Crippen molar-refractivity contribution in [1.82, 2.24) is 9.88 Å². The summed E-state index contributed by atoms with van der Waals surface area (Å²) in [7, 11) is -3.35. The largest absolute Gasteiger partial charge is 0.351 e. The van der Waals surface area contributed by atoms with Crippen LogP contribution in [-0.4, -0.2) is 31.7 Å². The Hall–Kier alpha value is -2.67. The predicted molar refractivity (Wildman–Crippen MR) is 103 cm³/mol. The Morgan fingerprint density at radius 1 is 1.11 bits per heavy atom. The lowest BCUT2D eigenvalue weighted by Gasteiger charge is -2.11. The molecule has 0 aliphatic carbocycles. The van der Waals surface area contributed by atoms with E-state index in [-0.39, 0.29) is 16.6 Å². The minimum Gasteiger partial charge on any atom is -0.351 e. The highest BCUT2D eigenvalue weighted by atomic mass is 32.2. The number of hydrogen-bond donors (Lipinski definition) is 1. The van der Waals surface area contributed by atoms with Crippen LogP contribution in [0.2, 0.25) is 0 Å². The fourth-order valence-corrected chi connectivity index (χ4v) is 3.60.